The second-order valence-corrected chi connectivity index (χ2v) is 3.89. The molecule has 4 heteroatoms. The molecule has 0 aliphatic carbocycles. The zero-order valence-electron chi connectivity index (χ0n) is 9.45. The van der Waals surface area contributed by atoms with Crippen LogP contribution >= 0.6 is 12.2 Å². The van der Waals surface area contributed by atoms with Gasteiger partial charge in [0.25, 0.3) is 0 Å². The van der Waals surface area contributed by atoms with E-state index >= 15 is 0 Å². The molecule has 0 saturated carbocycles. The molecule has 0 fully saturated rings. The lowest BCUT2D eigenvalue weighted by molar-refractivity contribution is -0.141. The number of rotatable bonds is 4. The lowest BCUT2D eigenvalue weighted by Crippen LogP contribution is -2.16. The van der Waals surface area contributed by atoms with Crippen molar-refractivity contribution in [3.63, 3.8) is 0 Å². The summed E-state index contributed by atoms with van der Waals surface area (Å²) in [6.45, 7) is 4.17. The van der Waals surface area contributed by atoms with Crippen LogP contribution in [-0.4, -0.2) is 17.6 Å². The second-order valence-electron chi connectivity index (χ2n) is 3.40. The van der Waals surface area contributed by atoms with Gasteiger partial charge in [0.1, 0.15) is 0 Å². The predicted octanol–water partition coefficient (Wildman–Crippen LogP) is 2.69. The molecule has 0 bridgehead atoms. The molecule has 0 aromatic heterocycles. The largest absolute Gasteiger partial charge is 0.466 e. The highest BCUT2D eigenvalue weighted by Crippen LogP contribution is 2.09. The standard InChI is InChI=1S/C12H15NO2S/c1-3-15-12(14)8-11(16)13-10-6-4-9(2)5-7-10/h4-7H,3,8H2,1-2H3,(H,13,16). The van der Waals surface area contributed by atoms with Crippen molar-refractivity contribution in [1.29, 1.82) is 0 Å². The molecule has 0 saturated heterocycles. The first-order chi connectivity index (χ1) is 7.61. The lowest BCUT2D eigenvalue weighted by atomic mass is 10.2. The summed E-state index contributed by atoms with van der Waals surface area (Å²) in [7, 11) is 0. The summed E-state index contributed by atoms with van der Waals surface area (Å²) < 4.78 is 4.80. The van der Waals surface area contributed by atoms with Crippen LogP contribution in [0.15, 0.2) is 24.3 Å². The van der Waals surface area contributed by atoms with Gasteiger partial charge in [0.2, 0.25) is 0 Å². The molecule has 1 aromatic carbocycles. The minimum Gasteiger partial charge on any atom is -0.466 e. The molecule has 16 heavy (non-hydrogen) atoms. The highest BCUT2D eigenvalue weighted by molar-refractivity contribution is 7.80. The average molecular weight is 237 g/mol. The molecule has 1 N–H and O–H groups in total. The molecule has 1 aromatic rings. The molecule has 0 aliphatic rings. The molecular weight excluding hydrogens is 222 g/mol. The number of aryl methyl sites for hydroxylation is 1. The van der Waals surface area contributed by atoms with E-state index < -0.39 is 0 Å². The Balaban J connectivity index is 2.45. The Morgan fingerprint density at radius 3 is 2.56 bits per heavy atom. The molecule has 86 valence electrons. The van der Waals surface area contributed by atoms with Gasteiger partial charge in [0.05, 0.1) is 18.0 Å². The second kappa shape index (κ2) is 6.23. The van der Waals surface area contributed by atoms with Crippen LogP contribution in [0.3, 0.4) is 0 Å². The Morgan fingerprint density at radius 1 is 1.38 bits per heavy atom. The van der Waals surface area contributed by atoms with Gasteiger partial charge < -0.3 is 10.1 Å². The first-order valence-corrected chi connectivity index (χ1v) is 5.54. The Labute approximate surface area is 101 Å². The maximum absolute atomic E-state index is 11.1. The minimum atomic E-state index is -0.299. The fourth-order valence-electron chi connectivity index (χ4n) is 1.19. The molecule has 1 rings (SSSR count). The summed E-state index contributed by atoms with van der Waals surface area (Å²) in [6.07, 6.45) is 0.122. The van der Waals surface area contributed by atoms with Gasteiger partial charge in [0.15, 0.2) is 0 Å². The maximum atomic E-state index is 11.1. The van der Waals surface area contributed by atoms with Crippen molar-refractivity contribution in [2.24, 2.45) is 0 Å². The third-order valence-electron chi connectivity index (χ3n) is 1.95. The number of hydrogen-bond acceptors (Lipinski definition) is 3. The summed E-state index contributed by atoms with van der Waals surface area (Å²) in [5.74, 6) is -0.299. The van der Waals surface area contributed by atoms with Crippen molar-refractivity contribution < 1.29 is 9.53 Å². The summed E-state index contributed by atoms with van der Waals surface area (Å²) in [6, 6.07) is 7.81. The van der Waals surface area contributed by atoms with Crippen LogP contribution in [0.25, 0.3) is 0 Å². The molecule has 0 spiro atoms. The molecule has 0 radical (unpaired) electrons. The number of carbonyl (C=O) groups excluding carboxylic acids is 1. The van der Waals surface area contributed by atoms with Crippen LogP contribution < -0.4 is 5.32 Å². The molecule has 0 atom stereocenters. The third-order valence-corrected chi connectivity index (χ3v) is 2.19. The number of thiocarbonyl (C=S) groups is 1. The van der Waals surface area contributed by atoms with Gasteiger partial charge in [-0.25, -0.2) is 0 Å². The highest BCUT2D eigenvalue weighted by atomic mass is 32.1. The van der Waals surface area contributed by atoms with Crippen LogP contribution in [0, 0.1) is 6.92 Å². The molecule has 0 unspecified atom stereocenters. The van der Waals surface area contributed by atoms with Crippen LogP contribution in [0.4, 0.5) is 5.69 Å². The summed E-state index contributed by atoms with van der Waals surface area (Å²) in [5.41, 5.74) is 2.07. The van der Waals surface area contributed by atoms with E-state index in [1.807, 2.05) is 31.2 Å². The molecular formula is C12H15NO2S. The van der Waals surface area contributed by atoms with Gasteiger partial charge in [-0.1, -0.05) is 29.9 Å². The molecule has 0 heterocycles. The van der Waals surface area contributed by atoms with E-state index in [2.05, 4.69) is 5.32 Å². The fourth-order valence-corrected chi connectivity index (χ4v) is 1.42. The van der Waals surface area contributed by atoms with Crippen molar-refractivity contribution >= 4 is 28.9 Å². The molecule has 0 aliphatic heterocycles. The van der Waals surface area contributed by atoms with E-state index in [1.54, 1.807) is 6.92 Å². The number of nitrogens with one attached hydrogen (secondary N) is 1. The van der Waals surface area contributed by atoms with Gasteiger partial charge in [-0.05, 0) is 26.0 Å². The van der Waals surface area contributed by atoms with Crippen molar-refractivity contribution in [2.75, 3.05) is 11.9 Å². The summed E-state index contributed by atoms with van der Waals surface area (Å²) in [5, 5.41) is 2.99. The predicted molar refractivity (Wildman–Crippen MR) is 68.6 cm³/mol. The minimum absolute atomic E-state index is 0.122. The van der Waals surface area contributed by atoms with Gasteiger partial charge in [-0.3, -0.25) is 4.79 Å². The first-order valence-electron chi connectivity index (χ1n) is 5.14. The van der Waals surface area contributed by atoms with E-state index in [1.165, 1.54) is 5.56 Å². The SMILES string of the molecule is CCOC(=O)CC(=S)Nc1ccc(C)cc1. The average Bonchev–Trinajstić information content (AvgIpc) is 2.21. The van der Waals surface area contributed by atoms with Crippen molar-refractivity contribution in [1.82, 2.24) is 0 Å². The van der Waals surface area contributed by atoms with E-state index in [4.69, 9.17) is 17.0 Å². The van der Waals surface area contributed by atoms with Gasteiger partial charge in [-0.15, -0.1) is 0 Å². The number of carbonyl (C=O) groups is 1. The van der Waals surface area contributed by atoms with Gasteiger partial charge in [-0.2, -0.15) is 0 Å². The molecule has 0 amide bonds. The normalized spacial score (nSPS) is 9.62. The Morgan fingerprint density at radius 2 is 2.00 bits per heavy atom. The van der Waals surface area contributed by atoms with Crippen molar-refractivity contribution in [3.05, 3.63) is 29.8 Å². The number of esters is 1. The Kier molecular flexibility index (Phi) is 4.92. The van der Waals surface area contributed by atoms with Crippen molar-refractivity contribution in [2.45, 2.75) is 20.3 Å². The van der Waals surface area contributed by atoms with E-state index in [-0.39, 0.29) is 12.4 Å². The van der Waals surface area contributed by atoms with Crippen LogP contribution in [0.5, 0.6) is 0 Å². The first kappa shape index (κ1) is 12.6. The Hall–Kier alpha value is -1.42. The third kappa shape index (κ3) is 4.40. The van der Waals surface area contributed by atoms with Gasteiger partial charge >= 0.3 is 5.97 Å². The van der Waals surface area contributed by atoms with Crippen LogP contribution in [-0.2, 0) is 9.53 Å². The van der Waals surface area contributed by atoms with Crippen LogP contribution in [0.1, 0.15) is 18.9 Å². The highest BCUT2D eigenvalue weighted by Gasteiger charge is 2.06. The monoisotopic (exact) mass is 237 g/mol. The van der Waals surface area contributed by atoms with E-state index in [0.717, 1.165) is 5.69 Å². The zero-order valence-corrected chi connectivity index (χ0v) is 10.3. The quantitative estimate of drug-likeness (QED) is 0.645. The zero-order chi connectivity index (χ0) is 12.0. The van der Waals surface area contributed by atoms with E-state index in [0.29, 0.717) is 11.6 Å². The number of benzene rings is 1. The number of ether oxygens (including phenoxy) is 1. The maximum Gasteiger partial charge on any atom is 0.312 e. The fraction of sp³-hybridized carbons (Fsp3) is 0.333. The van der Waals surface area contributed by atoms with E-state index in [9.17, 15) is 4.79 Å². The van der Waals surface area contributed by atoms with Gasteiger partial charge in [0, 0.05) is 5.69 Å². The molecule has 3 nitrogen and oxygen atoms in total. The topological polar surface area (TPSA) is 38.3 Å². The smallest absolute Gasteiger partial charge is 0.312 e. The number of anilines is 1. The van der Waals surface area contributed by atoms with Crippen molar-refractivity contribution in [3.8, 4) is 0 Å². The Bertz CT molecular complexity index is 373. The summed E-state index contributed by atoms with van der Waals surface area (Å²) >= 11 is 5.05. The van der Waals surface area contributed by atoms with Crippen LogP contribution in [0.2, 0.25) is 0 Å². The summed E-state index contributed by atoms with van der Waals surface area (Å²) in [4.78, 5) is 11.6. The lowest BCUT2D eigenvalue weighted by Gasteiger charge is -2.07. The number of hydrogen-bond donors (Lipinski definition) is 1.